The van der Waals surface area contributed by atoms with Gasteiger partial charge in [-0.3, -0.25) is 9.59 Å². The topological polar surface area (TPSA) is 102 Å². The molecular weight excluding hydrogens is 595 g/mol. The largest absolute Gasteiger partial charge is 0.497 e. The van der Waals surface area contributed by atoms with Crippen molar-refractivity contribution >= 4 is 50.6 Å². The first-order valence-electron chi connectivity index (χ1n) is 15.0. The molecule has 7 nitrogen and oxygen atoms in total. The zero-order chi connectivity index (χ0) is 31.0. The highest BCUT2D eigenvalue weighted by Crippen LogP contribution is 2.27. The molecule has 0 fully saturated rings. The molecule has 2 aromatic rings. The molecule has 2 aromatic carbocycles. The average Bonchev–Trinajstić information content (AvgIpc) is 2.97. The van der Waals surface area contributed by atoms with E-state index in [2.05, 4.69) is 17.0 Å². The number of ether oxygens (including phenoxy) is 1. The molecule has 0 spiro atoms. The Kier molecular flexibility index (Phi) is 15.9. The molecule has 0 aliphatic heterocycles. The lowest BCUT2D eigenvalue weighted by Gasteiger charge is -2.29. The maximum atomic E-state index is 13.7. The number of rotatable bonds is 21. The normalized spacial score (nSPS) is 14.5. The standard InChI is InChI=1S/C32H46Cl2N2O5S/c1-4-5-6-7-8-9-10-11-12-13-17-20-29(25(2)33)42(39,40)36-32(34,31(38)35-27-18-15-14-16-19-27)30(37)26-21-23-28(41-3)24-22-26/h14-16,18-19,21-25,29,36H,4-13,17,20H2,1-3H3,(H,35,38). The van der Waals surface area contributed by atoms with E-state index >= 15 is 0 Å². The Morgan fingerprint density at radius 2 is 1.38 bits per heavy atom. The minimum Gasteiger partial charge on any atom is -0.497 e. The van der Waals surface area contributed by atoms with Crippen LogP contribution < -0.4 is 14.8 Å². The Morgan fingerprint density at radius 1 is 0.857 bits per heavy atom. The van der Waals surface area contributed by atoms with Crippen molar-refractivity contribution in [2.45, 2.75) is 107 Å². The minimum absolute atomic E-state index is 0.0394. The summed E-state index contributed by atoms with van der Waals surface area (Å²) in [4.78, 5) is 24.4. The zero-order valence-electron chi connectivity index (χ0n) is 25.0. The summed E-state index contributed by atoms with van der Waals surface area (Å²) < 4.78 is 34.7. The van der Waals surface area contributed by atoms with Gasteiger partial charge in [0.15, 0.2) is 0 Å². The number of hydrogen-bond donors (Lipinski definition) is 2. The molecular formula is C32H46Cl2N2O5S. The maximum Gasteiger partial charge on any atom is 0.269 e. The number of ketones is 1. The Balaban J connectivity index is 2.11. The van der Waals surface area contributed by atoms with Crippen LogP contribution in [-0.4, -0.2) is 42.8 Å². The number of amides is 1. The number of carbonyl (C=O) groups is 2. The molecule has 0 aliphatic rings. The van der Waals surface area contributed by atoms with Gasteiger partial charge in [0.05, 0.1) is 12.4 Å². The number of anilines is 1. The van der Waals surface area contributed by atoms with Crippen molar-refractivity contribution < 1.29 is 22.7 Å². The van der Waals surface area contributed by atoms with Gasteiger partial charge in [-0.1, -0.05) is 107 Å². The second kappa shape index (κ2) is 18.5. The molecule has 10 heteroatoms. The molecule has 0 bridgehead atoms. The van der Waals surface area contributed by atoms with Gasteiger partial charge < -0.3 is 10.1 Å². The molecule has 0 aliphatic carbocycles. The van der Waals surface area contributed by atoms with Crippen LogP contribution in [0, 0.1) is 0 Å². The number of unbranched alkanes of at least 4 members (excludes halogenated alkanes) is 10. The van der Waals surface area contributed by atoms with E-state index in [9.17, 15) is 18.0 Å². The first-order valence-corrected chi connectivity index (χ1v) is 17.3. The van der Waals surface area contributed by atoms with Crippen molar-refractivity contribution in [2.24, 2.45) is 0 Å². The Hall–Kier alpha value is -2.13. The Bertz CT molecular complexity index is 1190. The fourth-order valence-electron chi connectivity index (χ4n) is 4.79. The molecule has 1 amide bonds. The van der Waals surface area contributed by atoms with E-state index in [1.165, 1.54) is 76.3 Å². The first kappa shape index (κ1) is 36.1. The van der Waals surface area contributed by atoms with Gasteiger partial charge in [-0.05, 0) is 49.7 Å². The van der Waals surface area contributed by atoms with Gasteiger partial charge in [-0.15, -0.1) is 11.6 Å². The lowest BCUT2D eigenvalue weighted by atomic mass is 10.0. The fraction of sp³-hybridized carbons (Fsp3) is 0.562. The van der Waals surface area contributed by atoms with E-state index in [-0.39, 0.29) is 12.0 Å². The van der Waals surface area contributed by atoms with Gasteiger partial charge in [0.2, 0.25) is 20.8 Å². The SMILES string of the molecule is CCCCCCCCCCCCCC(C(C)Cl)S(=O)(=O)NC(Cl)(C(=O)Nc1ccccc1)C(=O)c1ccc(OC)cc1. The van der Waals surface area contributed by atoms with Gasteiger partial charge in [-0.2, -0.15) is 4.72 Å². The number of hydrogen-bond acceptors (Lipinski definition) is 5. The van der Waals surface area contributed by atoms with Crippen molar-refractivity contribution in [3.8, 4) is 5.75 Å². The summed E-state index contributed by atoms with van der Waals surface area (Å²) in [6.45, 7) is 3.81. The van der Waals surface area contributed by atoms with E-state index in [0.717, 1.165) is 19.3 Å². The van der Waals surface area contributed by atoms with Crippen LogP contribution in [-0.2, 0) is 14.8 Å². The number of sulfonamides is 1. The lowest BCUT2D eigenvalue weighted by molar-refractivity contribution is -0.117. The number of carbonyl (C=O) groups excluding carboxylic acids is 2. The maximum absolute atomic E-state index is 13.7. The number of para-hydroxylation sites is 1. The van der Waals surface area contributed by atoms with Gasteiger partial charge >= 0.3 is 0 Å². The molecule has 3 unspecified atom stereocenters. The molecule has 42 heavy (non-hydrogen) atoms. The van der Waals surface area contributed by atoms with E-state index in [0.29, 0.717) is 17.9 Å². The molecule has 0 radical (unpaired) electrons. The number of benzene rings is 2. The van der Waals surface area contributed by atoms with Crippen LogP contribution in [0.2, 0.25) is 0 Å². The van der Waals surface area contributed by atoms with Crippen molar-refractivity contribution in [3.05, 3.63) is 60.2 Å². The van der Waals surface area contributed by atoms with Crippen LogP contribution in [0.15, 0.2) is 54.6 Å². The predicted molar refractivity (Wildman–Crippen MR) is 173 cm³/mol. The summed E-state index contributed by atoms with van der Waals surface area (Å²) in [5.41, 5.74) is 0.398. The number of methoxy groups -OCH3 is 1. The number of alkyl halides is 2. The third-order valence-electron chi connectivity index (χ3n) is 7.30. The predicted octanol–water partition coefficient (Wildman–Crippen LogP) is 8.07. The van der Waals surface area contributed by atoms with Crippen LogP contribution in [0.5, 0.6) is 5.75 Å². The van der Waals surface area contributed by atoms with Crippen molar-refractivity contribution in [1.82, 2.24) is 4.72 Å². The van der Waals surface area contributed by atoms with Crippen molar-refractivity contribution in [2.75, 3.05) is 12.4 Å². The van der Waals surface area contributed by atoms with Gasteiger partial charge in [0, 0.05) is 16.6 Å². The molecule has 234 valence electrons. The van der Waals surface area contributed by atoms with E-state index in [1.807, 2.05) is 0 Å². The summed E-state index contributed by atoms with van der Waals surface area (Å²) >= 11 is 13.0. The molecule has 0 aromatic heterocycles. The Morgan fingerprint density at radius 3 is 1.88 bits per heavy atom. The monoisotopic (exact) mass is 640 g/mol. The van der Waals surface area contributed by atoms with Gasteiger partial charge in [0.25, 0.3) is 5.91 Å². The van der Waals surface area contributed by atoms with E-state index < -0.39 is 37.3 Å². The summed E-state index contributed by atoms with van der Waals surface area (Å²) in [5, 5.41) is 0.731. The van der Waals surface area contributed by atoms with E-state index in [1.54, 1.807) is 37.3 Å². The highest BCUT2D eigenvalue weighted by atomic mass is 35.5. The molecule has 2 N–H and O–H groups in total. The Labute approximate surface area is 262 Å². The third-order valence-corrected chi connectivity index (χ3v) is 10.3. The molecule has 3 atom stereocenters. The fourth-order valence-corrected chi connectivity index (χ4v) is 7.50. The minimum atomic E-state index is -4.32. The number of Topliss-reactive ketones (excluding diaryl/α,β-unsaturated/α-hetero) is 1. The molecule has 2 rings (SSSR count). The highest BCUT2D eigenvalue weighted by Gasteiger charge is 2.49. The smallest absolute Gasteiger partial charge is 0.269 e. The van der Waals surface area contributed by atoms with Crippen LogP contribution in [0.1, 0.15) is 101 Å². The third kappa shape index (κ3) is 11.5. The quantitative estimate of drug-likeness (QED) is 0.0472. The molecule has 0 heterocycles. The molecule has 0 saturated carbocycles. The van der Waals surface area contributed by atoms with Crippen molar-refractivity contribution in [3.63, 3.8) is 0 Å². The molecule has 0 saturated heterocycles. The highest BCUT2D eigenvalue weighted by molar-refractivity contribution is 7.90. The van der Waals surface area contributed by atoms with Crippen molar-refractivity contribution in [1.29, 1.82) is 0 Å². The van der Waals surface area contributed by atoms with E-state index in [4.69, 9.17) is 27.9 Å². The summed E-state index contributed by atoms with van der Waals surface area (Å²) in [6, 6.07) is 14.3. The van der Waals surface area contributed by atoms with Crippen LogP contribution in [0.4, 0.5) is 5.69 Å². The van der Waals surface area contributed by atoms with Gasteiger partial charge in [0.1, 0.15) is 5.75 Å². The van der Waals surface area contributed by atoms with Crippen LogP contribution >= 0.6 is 23.2 Å². The summed E-state index contributed by atoms with van der Waals surface area (Å²) in [7, 11) is -2.84. The van der Waals surface area contributed by atoms with Crippen LogP contribution in [0.25, 0.3) is 0 Å². The average molecular weight is 642 g/mol. The lowest BCUT2D eigenvalue weighted by Crippen LogP contribution is -2.60. The zero-order valence-corrected chi connectivity index (χ0v) is 27.4. The number of halogens is 2. The summed E-state index contributed by atoms with van der Waals surface area (Å²) in [6.07, 6.45) is 12.8. The summed E-state index contributed by atoms with van der Waals surface area (Å²) in [5.74, 6) is -1.45. The number of nitrogens with one attached hydrogen (secondary N) is 2. The van der Waals surface area contributed by atoms with Gasteiger partial charge in [-0.25, -0.2) is 8.42 Å². The second-order valence-electron chi connectivity index (χ2n) is 10.7. The van der Waals surface area contributed by atoms with Crippen LogP contribution in [0.3, 0.4) is 0 Å². The first-order chi connectivity index (χ1) is 20.0. The second-order valence-corrected chi connectivity index (χ2v) is 13.9.